The van der Waals surface area contributed by atoms with E-state index >= 15 is 0 Å². The van der Waals surface area contributed by atoms with Gasteiger partial charge >= 0.3 is 0 Å². The van der Waals surface area contributed by atoms with Crippen LogP contribution in [0.1, 0.15) is 30.0 Å². The third-order valence-corrected chi connectivity index (χ3v) is 6.54. The molecule has 0 radical (unpaired) electrons. The quantitative estimate of drug-likeness (QED) is 0.771. The second kappa shape index (κ2) is 9.67. The van der Waals surface area contributed by atoms with Gasteiger partial charge in [-0.1, -0.05) is 36.8 Å². The Labute approximate surface area is 183 Å². The molecule has 0 saturated heterocycles. The number of para-hydroxylation sites is 1. The minimum absolute atomic E-state index is 0.0233. The molecule has 0 spiro atoms. The van der Waals surface area contributed by atoms with Crippen molar-refractivity contribution >= 4 is 35.0 Å². The lowest BCUT2D eigenvalue weighted by atomic mass is 10.1. The molecule has 1 N–H and O–H groups in total. The van der Waals surface area contributed by atoms with Crippen LogP contribution >= 0.6 is 11.8 Å². The van der Waals surface area contributed by atoms with Crippen molar-refractivity contribution in [1.82, 2.24) is 4.90 Å². The van der Waals surface area contributed by atoms with Crippen molar-refractivity contribution < 1.29 is 9.59 Å². The van der Waals surface area contributed by atoms with Crippen LogP contribution in [0.4, 0.5) is 11.4 Å². The molecule has 5 nitrogen and oxygen atoms in total. The van der Waals surface area contributed by atoms with Gasteiger partial charge in [0, 0.05) is 22.4 Å². The van der Waals surface area contributed by atoms with E-state index in [4.69, 9.17) is 0 Å². The number of nitrogens with zero attached hydrogens (tertiary/aromatic N) is 2. The number of likely N-dealkylation sites (N-methyl/N-ethyl adjacent to an activating group) is 1. The van der Waals surface area contributed by atoms with Crippen molar-refractivity contribution in [1.29, 1.82) is 0 Å². The van der Waals surface area contributed by atoms with Gasteiger partial charge in [0.1, 0.15) is 0 Å². The van der Waals surface area contributed by atoms with Crippen LogP contribution in [0.15, 0.2) is 41.3 Å². The van der Waals surface area contributed by atoms with Crippen LogP contribution in [0, 0.1) is 20.8 Å². The summed E-state index contributed by atoms with van der Waals surface area (Å²) < 4.78 is 0. The van der Waals surface area contributed by atoms with Crippen molar-refractivity contribution in [2.24, 2.45) is 0 Å². The van der Waals surface area contributed by atoms with Crippen molar-refractivity contribution in [2.75, 3.05) is 36.9 Å². The Kier molecular flexibility index (Phi) is 7.21. The fourth-order valence-corrected chi connectivity index (χ4v) is 5.03. The number of hydrogen-bond donors (Lipinski definition) is 1. The summed E-state index contributed by atoms with van der Waals surface area (Å²) in [5.41, 5.74) is 5.11. The highest BCUT2D eigenvalue weighted by molar-refractivity contribution is 8.00. The molecule has 1 atom stereocenters. The molecular weight excluding hydrogens is 394 g/mol. The van der Waals surface area contributed by atoms with E-state index in [1.807, 2.05) is 62.7 Å². The third kappa shape index (κ3) is 5.43. The number of fused-ring (bicyclic) bond motifs is 1. The first kappa shape index (κ1) is 22.4. The topological polar surface area (TPSA) is 52.7 Å². The number of amides is 2. The fourth-order valence-electron chi connectivity index (χ4n) is 3.92. The number of benzene rings is 2. The molecule has 0 aliphatic carbocycles. The maximum absolute atomic E-state index is 13.1. The highest BCUT2D eigenvalue weighted by atomic mass is 32.2. The summed E-state index contributed by atoms with van der Waals surface area (Å²) in [7, 11) is 1.81. The van der Waals surface area contributed by atoms with Crippen LogP contribution in [0.25, 0.3) is 0 Å². The zero-order valence-electron chi connectivity index (χ0n) is 18.5. The SMILES string of the molecule is Cc1cc(C)c(NC(=O)CN(C)CC(=O)N2CCC(C)Sc3ccccc32)c(C)c1. The van der Waals surface area contributed by atoms with E-state index in [-0.39, 0.29) is 24.9 Å². The second-order valence-corrected chi connectivity index (χ2v) is 9.70. The van der Waals surface area contributed by atoms with Gasteiger partial charge < -0.3 is 10.2 Å². The lowest BCUT2D eigenvalue weighted by molar-refractivity contribution is -0.121. The number of hydrogen-bond acceptors (Lipinski definition) is 4. The molecule has 2 aromatic carbocycles. The van der Waals surface area contributed by atoms with Crippen LogP contribution in [0.3, 0.4) is 0 Å². The summed E-state index contributed by atoms with van der Waals surface area (Å²) in [4.78, 5) is 30.4. The molecule has 160 valence electrons. The Morgan fingerprint density at radius 1 is 1.13 bits per heavy atom. The smallest absolute Gasteiger partial charge is 0.241 e. The van der Waals surface area contributed by atoms with E-state index in [1.165, 1.54) is 5.56 Å². The number of aryl methyl sites for hydroxylation is 3. The number of carbonyl (C=O) groups is 2. The van der Waals surface area contributed by atoms with E-state index in [0.717, 1.165) is 33.8 Å². The number of rotatable bonds is 5. The van der Waals surface area contributed by atoms with Gasteiger partial charge in [0.15, 0.2) is 0 Å². The molecule has 0 saturated carbocycles. The van der Waals surface area contributed by atoms with Gasteiger partial charge in [0.25, 0.3) is 0 Å². The largest absolute Gasteiger partial charge is 0.324 e. The first-order chi connectivity index (χ1) is 14.2. The average molecular weight is 426 g/mol. The van der Waals surface area contributed by atoms with Gasteiger partial charge in [-0.05, 0) is 57.5 Å². The Morgan fingerprint density at radius 2 is 1.80 bits per heavy atom. The van der Waals surface area contributed by atoms with Gasteiger partial charge in [0.2, 0.25) is 11.8 Å². The van der Waals surface area contributed by atoms with Crippen LogP contribution in [-0.2, 0) is 9.59 Å². The zero-order valence-corrected chi connectivity index (χ0v) is 19.3. The summed E-state index contributed by atoms with van der Waals surface area (Å²) in [5.74, 6) is -0.0871. The zero-order chi connectivity index (χ0) is 21.8. The number of carbonyl (C=O) groups excluding carboxylic acids is 2. The number of nitrogens with one attached hydrogen (secondary N) is 1. The van der Waals surface area contributed by atoms with Gasteiger partial charge in [-0.3, -0.25) is 14.5 Å². The van der Waals surface area contributed by atoms with E-state index in [2.05, 4.69) is 30.4 Å². The second-order valence-electron chi connectivity index (χ2n) is 8.22. The maximum Gasteiger partial charge on any atom is 0.241 e. The van der Waals surface area contributed by atoms with Crippen LogP contribution < -0.4 is 10.2 Å². The van der Waals surface area contributed by atoms with Gasteiger partial charge in [0.05, 0.1) is 18.8 Å². The van der Waals surface area contributed by atoms with E-state index in [9.17, 15) is 9.59 Å². The monoisotopic (exact) mass is 425 g/mol. The standard InChI is InChI=1S/C24H31N3O2S/c1-16-12-17(2)24(18(3)13-16)25-22(28)14-26(5)15-23(29)27-11-10-19(4)30-21-9-7-6-8-20(21)27/h6-9,12-13,19H,10-11,14-15H2,1-5H3,(H,25,28). The van der Waals surface area contributed by atoms with E-state index < -0.39 is 0 Å². The highest BCUT2D eigenvalue weighted by Crippen LogP contribution is 2.37. The molecule has 1 unspecified atom stereocenters. The molecule has 0 fully saturated rings. The fraction of sp³-hybridized carbons (Fsp3) is 0.417. The van der Waals surface area contributed by atoms with Crippen LogP contribution in [0.5, 0.6) is 0 Å². The predicted molar refractivity (Wildman–Crippen MR) is 126 cm³/mol. The van der Waals surface area contributed by atoms with Gasteiger partial charge in [-0.15, -0.1) is 11.8 Å². The molecule has 1 aliphatic rings. The summed E-state index contributed by atoms with van der Waals surface area (Å²) >= 11 is 1.82. The third-order valence-electron chi connectivity index (χ3n) is 5.30. The Bertz CT molecular complexity index is 921. The van der Waals surface area contributed by atoms with Crippen molar-refractivity contribution in [3.63, 3.8) is 0 Å². The Balaban J connectivity index is 1.63. The maximum atomic E-state index is 13.1. The molecule has 1 heterocycles. The molecule has 6 heteroatoms. The molecule has 0 aromatic heterocycles. The molecule has 30 heavy (non-hydrogen) atoms. The lowest BCUT2D eigenvalue weighted by Gasteiger charge is -2.25. The van der Waals surface area contributed by atoms with Crippen molar-refractivity contribution in [3.05, 3.63) is 53.1 Å². The van der Waals surface area contributed by atoms with Crippen LogP contribution in [-0.4, -0.2) is 48.6 Å². The van der Waals surface area contributed by atoms with Gasteiger partial charge in [-0.25, -0.2) is 0 Å². The Morgan fingerprint density at radius 3 is 2.50 bits per heavy atom. The van der Waals surface area contributed by atoms with Crippen LogP contribution in [0.2, 0.25) is 0 Å². The van der Waals surface area contributed by atoms with Gasteiger partial charge in [-0.2, -0.15) is 0 Å². The van der Waals surface area contributed by atoms with Crippen molar-refractivity contribution in [2.45, 2.75) is 44.3 Å². The number of thioether (sulfide) groups is 1. The number of anilines is 2. The summed E-state index contributed by atoms with van der Waals surface area (Å²) in [6.07, 6.45) is 0.946. The average Bonchev–Trinajstić information content (AvgIpc) is 2.82. The van der Waals surface area contributed by atoms with Crippen molar-refractivity contribution in [3.8, 4) is 0 Å². The van der Waals surface area contributed by atoms with E-state index in [0.29, 0.717) is 11.8 Å². The normalized spacial score (nSPS) is 16.2. The first-order valence-corrected chi connectivity index (χ1v) is 11.2. The summed E-state index contributed by atoms with van der Waals surface area (Å²) in [5, 5.41) is 3.48. The summed E-state index contributed by atoms with van der Waals surface area (Å²) in [6.45, 7) is 9.31. The minimum atomic E-state index is -0.110. The highest BCUT2D eigenvalue weighted by Gasteiger charge is 2.25. The molecule has 0 bridgehead atoms. The first-order valence-electron chi connectivity index (χ1n) is 10.4. The molecular formula is C24H31N3O2S. The lowest BCUT2D eigenvalue weighted by Crippen LogP contribution is -2.42. The molecule has 2 aromatic rings. The Hall–Kier alpha value is -2.31. The molecule has 3 rings (SSSR count). The minimum Gasteiger partial charge on any atom is -0.324 e. The molecule has 2 amide bonds. The molecule has 1 aliphatic heterocycles. The van der Waals surface area contributed by atoms with E-state index in [1.54, 1.807) is 4.90 Å². The summed E-state index contributed by atoms with van der Waals surface area (Å²) in [6, 6.07) is 12.2. The predicted octanol–water partition coefficient (Wildman–Crippen LogP) is 4.40.